The Kier molecular flexibility index (Phi) is 4.73. The van der Waals surface area contributed by atoms with Crippen LogP contribution in [0.15, 0.2) is 140 Å². The summed E-state index contributed by atoms with van der Waals surface area (Å²) in [5.41, 5.74) is 8.94. The molecule has 8 aromatic carbocycles. The summed E-state index contributed by atoms with van der Waals surface area (Å²) in [5, 5.41) is 10.6. The Morgan fingerprint density at radius 3 is 1.90 bits per heavy atom. The number of anilines is 3. The molecule has 0 atom stereocenters. The molecule has 0 unspecified atom stereocenters. The quantitative estimate of drug-likeness (QED) is 0.203. The lowest BCUT2D eigenvalue weighted by Crippen LogP contribution is -2.17. The molecule has 1 aliphatic rings. The molecule has 0 bridgehead atoms. The highest BCUT2D eigenvalue weighted by molar-refractivity contribution is 6.28. The summed E-state index contributed by atoms with van der Waals surface area (Å²) in [7, 11) is 0. The lowest BCUT2D eigenvalue weighted by molar-refractivity contribution is 0.666. The fourth-order valence-electron chi connectivity index (χ4n) is 7.72. The van der Waals surface area contributed by atoms with Gasteiger partial charge in [0.25, 0.3) is 0 Å². The van der Waals surface area contributed by atoms with Gasteiger partial charge in [0.05, 0.1) is 5.69 Å². The monoisotopic (exact) mass is 535 g/mol. The smallest absolute Gasteiger partial charge is 0.0540 e. The second-order valence-corrected chi connectivity index (χ2v) is 12.1. The van der Waals surface area contributed by atoms with Gasteiger partial charge in [0.15, 0.2) is 0 Å². The summed E-state index contributed by atoms with van der Waals surface area (Å²) in [4.78, 5) is 2.42. The van der Waals surface area contributed by atoms with Crippen LogP contribution in [0.1, 0.15) is 25.0 Å². The van der Waals surface area contributed by atoms with Gasteiger partial charge < -0.3 is 4.90 Å². The van der Waals surface area contributed by atoms with Crippen molar-refractivity contribution in [2.75, 3.05) is 4.90 Å². The highest BCUT2D eigenvalue weighted by atomic mass is 15.1. The molecule has 8 aromatic rings. The van der Waals surface area contributed by atoms with Gasteiger partial charge in [-0.3, -0.25) is 0 Å². The van der Waals surface area contributed by atoms with Crippen molar-refractivity contribution in [2.24, 2.45) is 0 Å². The molecular weight excluding hydrogens is 506 g/mol. The van der Waals surface area contributed by atoms with E-state index < -0.39 is 0 Å². The molecule has 0 radical (unpaired) electrons. The standard InChI is InChI=1S/C41H29N/c1-41(2)35-25-30(42(29-15-4-3-5-16-29)36-20-10-12-26-11-6-7-17-31(26)36)23-24-32(35)39-33-18-8-13-27-21-22-28-14-9-19-34(40(39)41)38(28)37(27)33/h3-25H,1-2H3. The molecule has 0 aliphatic heterocycles. The zero-order chi connectivity index (χ0) is 28.0. The molecule has 1 aliphatic carbocycles. The zero-order valence-electron chi connectivity index (χ0n) is 23.7. The van der Waals surface area contributed by atoms with Crippen LogP contribution in [0, 0.1) is 0 Å². The topological polar surface area (TPSA) is 3.24 Å². The molecular formula is C41H29N. The van der Waals surface area contributed by atoms with E-state index in [2.05, 4.69) is 158 Å². The molecule has 0 fully saturated rings. The first-order valence-corrected chi connectivity index (χ1v) is 14.8. The number of hydrogen-bond acceptors (Lipinski definition) is 1. The fourth-order valence-corrected chi connectivity index (χ4v) is 7.72. The van der Waals surface area contributed by atoms with E-state index in [-0.39, 0.29) is 5.41 Å². The van der Waals surface area contributed by atoms with E-state index in [1.807, 2.05) is 0 Å². The minimum Gasteiger partial charge on any atom is -0.310 e. The van der Waals surface area contributed by atoms with Gasteiger partial charge in [-0.2, -0.15) is 0 Å². The van der Waals surface area contributed by atoms with E-state index in [4.69, 9.17) is 0 Å². The summed E-state index contributed by atoms with van der Waals surface area (Å²) in [5.74, 6) is 0. The Morgan fingerprint density at radius 2 is 1.10 bits per heavy atom. The Balaban J connectivity index is 1.34. The van der Waals surface area contributed by atoms with E-state index in [0.29, 0.717) is 0 Å². The van der Waals surface area contributed by atoms with E-state index in [0.717, 1.165) is 5.69 Å². The molecule has 0 spiro atoms. The highest BCUT2D eigenvalue weighted by Gasteiger charge is 2.39. The van der Waals surface area contributed by atoms with Crippen LogP contribution < -0.4 is 4.90 Å². The predicted molar refractivity (Wildman–Crippen MR) is 180 cm³/mol. The predicted octanol–water partition coefficient (Wildman–Crippen LogP) is 11.5. The Bertz CT molecular complexity index is 2320. The highest BCUT2D eigenvalue weighted by Crippen LogP contribution is 2.57. The van der Waals surface area contributed by atoms with Crippen LogP contribution in [0.2, 0.25) is 0 Å². The first kappa shape index (κ1) is 23.6. The van der Waals surface area contributed by atoms with Crippen molar-refractivity contribution >= 4 is 60.2 Å². The number of fused-ring (bicyclic) bond motifs is 6. The number of para-hydroxylation sites is 1. The van der Waals surface area contributed by atoms with Crippen molar-refractivity contribution in [1.82, 2.24) is 0 Å². The van der Waals surface area contributed by atoms with Gasteiger partial charge in [0.2, 0.25) is 0 Å². The molecule has 0 heterocycles. The van der Waals surface area contributed by atoms with Crippen molar-refractivity contribution in [3.63, 3.8) is 0 Å². The van der Waals surface area contributed by atoms with Gasteiger partial charge in [-0.25, -0.2) is 0 Å². The van der Waals surface area contributed by atoms with Crippen LogP contribution in [-0.2, 0) is 5.41 Å². The zero-order valence-corrected chi connectivity index (χ0v) is 23.7. The molecule has 0 aromatic heterocycles. The molecule has 0 saturated carbocycles. The third-order valence-electron chi connectivity index (χ3n) is 9.53. The van der Waals surface area contributed by atoms with Crippen molar-refractivity contribution in [1.29, 1.82) is 0 Å². The van der Waals surface area contributed by atoms with Crippen molar-refractivity contribution < 1.29 is 0 Å². The van der Waals surface area contributed by atoms with Crippen LogP contribution in [0.5, 0.6) is 0 Å². The lowest BCUT2D eigenvalue weighted by Gasteiger charge is -2.29. The summed E-state index contributed by atoms with van der Waals surface area (Å²) in [6, 6.07) is 51.4. The van der Waals surface area contributed by atoms with Crippen molar-refractivity contribution in [3.8, 4) is 11.1 Å². The molecule has 42 heavy (non-hydrogen) atoms. The van der Waals surface area contributed by atoms with E-state index in [1.54, 1.807) is 0 Å². The van der Waals surface area contributed by atoms with Gasteiger partial charge in [-0.1, -0.05) is 123 Å². The van der Waals surface area contributed by atoms with E-state index >= 15 is 0 Å². The van der Waals surface area contributed by atoms with Gasteiger partial charge >= 0.3 is 0 Å². The van der Waals surface area contributed by atoms with Crippen LogP contribution in [0.3, 0.4) is 0 Å². The Labute approximate surface area is 245 Å². The molecule has 1 heteroatoms. The van der Waals surface area contributed by atoms with Gasteiger partial charge in [-0.05, 0) is 90.3 Å². The minimum absolute atomic E-state index is 0.161. The lowest BCUT2D eigenvalue weighted by atomic mass is 9.78. The maximum absolute atomic E-state index is 2.45. The average molecular weight is 536 g/mol. The Morgan fingerprint density at radius 1 is 0.476 bits per heavy atom. The van der Waals surface area contributed by atoms with Crippen LogP contribution in [-0.4, -0.2) is 0 Å². The molecule has 198 valence electrons. The largest absolute Gasteiger partial charge is 0.310 e. The molecule has 9 rings (SSSR count). The van der Waals surface area contributed by atoms with E-state index in [1.165, 1.54) is 76.7 Å². The summed E-state index contributed by atoms with van der Waals surface area (Å²) < 4.78 is 0. The van der Waals surface area contributed by atoms with Crippen molar-refractivity contribution in [3.05, 3.63) is 151 Å². The summed E-state index contributed by atoms with van der Waals surface area (Å²) in [6.45, 7) is 4.82. The maximum Gasteiger partial charge on any atom is 0.0540 e. The number of nitrogens with zero attached hydrogens (tertiary/aromatic N) is 1. The fraction of sp³-hybridized carbons (Fsp3) is 0.0732. The Hall–Kier alpha value is -5.14. The summed E-state index contributed by atoms with van der Waals surface area (Å²) in [6.07, 6.45) is 0. The number of hydrogen-bond donors (Lipinski definition) is 0. The van der Waals surface area contributed by atoms with Crippen LogP contribution in [0.4, 0.5) is 17.1 Å². The number of benzene rings is 8. The first-order chi connectivity index (χ1) is 20.6. The second-order valence-electron chi connectivity index (χ2n) is 12.1. The normalized spacial score (nSPS) is 13.7. The third kappa shape index (κ3) is 3.08. The minimum atomic E-state index is -0.161. The third-order valence-corrected chi connectivity index (χ3v) is 9.53. The van der Waals surface area contributed by atoms with Gasteiger partial charge in [0, 0.05) is 22.2 Å². The summed E-state index contributed by atoms with van der Waals surface area (Å²) >= 11 is 0. The number of rotatable bonds is 3. The molecule has 1 nitrogen and oxygen atoms in total. The average Bonchev–Trinajstić information content (AvgIpc) is 3.28. The van der Waals surface area contributed by atoms with Crippen molar-refractivity contribution in [2.45, 2.75) is 19.3 Å². The van der Waals surface area contributed by atoms with Gasteiger partial charge in [-0.15, -0.1) is 0 Å². The van der Waals surface area contributed by atoms with Crippen LogP contribution in [0.25, 0.3) is 54.2 Å². The SMILES string of the molecule is CC1(C)c2cc(N(c3ccccc3)c3cccc4ccccc34)ccc2-c2c1c1cccc3ccc4cccc2c4c31. The van der Waals surface area contributed by atoms with Crippen LogP contribution >= 0.6 is 0 Å². The van der Waals surface area contributed by atoms with E-state index in [9.17, 15) is 0 Å². The second kappa shape index (κ2) is 8.44. The molecule has 0 amide bonds. The molecule has 0 N–H and O–H groups in total. The van der Waals surface area contributed by atoms with Gasteiger partial charge in [0.1, 0.15) is 0 Å². The maximum atomic E-state index is 2.45. The first-order valence-electron chi connectivity index (χ1n) is 14.8. The molecule has 0 saturated heterocycles.